The zero-order chi connectivity index (χ0) is 23.2. The summed E-state index contributed by atoms with van der Waals surface area (Å²) in [5, 5.41) is 21.6. The molecule has 0 spiro atoms. The predicted octanol–water partition coefficient (Wildman–Crippen LogP) is 4.19. The Morgan fingerprint density at radius 3 is 2.58 bits per heavy atom. The Labute approximate surface area is 193 Å². The van der Waals surface area contributed by atoms with Crippen molar-refractivity contribution in [1.82, 2.24) is 9.88 Å². The van der Waals surface area contributed by atoms with Crippen molar-refractivity contribution in [2.45, 2.75) is 25.3 Å². The van der Waals surface area contributed by atoms with Crippen LogP contribution in [0, 0.1) is 0 Å². The molecular formula is C26H29N3O4. The van der Waals surface area contributed by atoms with Crippen LogP contribution in [-0.2, 0) is 12.8 Å². The van der Waals surface area contributed by atoms with Gasteiger partial charge in [0.1, 0.15) is 11.4 Å². The molecule has 3 aromatic rings. The van der Waals surface area contributed by atoms with Crippen LogP contribution in [-0.4, -0.2) is 53.7 Å². The normalized spacial score (nSPS) is 16.0. The van der Waals surface area contributed by atoms with E-state index in [1.807, 2.05) is 6.07 Å². The van der Waals surface area contributed by atoms with E-state index in [1.54, 1.807) is 26.4 Å². The molecule has 2 aromatic carbocycles. The average Bonchev–Trinajstić information content (AvgIpc) is 2.85. The van der Waals surface area contributed by atoms with Crippen LogP contribution < -0.4 is 9.47 Å². The number of benzene rings is 2. The highest BCUT2D eigenvalue weighted by molar-refractivity contribution is 5.80. The van der Waals surface area contributed by atoms with E-state index < -0.39 is 0 Å². The zero-order valence-corrected chi connectivity index (χ0v) is 18.9. The van der Waals surface area contributed by atoms with Gasteiger partial charge in [0, 0.05) is 12.2 Å². The molecule has 0 amide bonds. The quantitative estimate of drug-likeness (QED) is 0.306. The molecule has 0 radical (unpaired) electrons. The van der Waals surface area contributed by atoms with Gasteiger partial charge in [-0.15, -0.1) is 0 Å². The van der Waals surface area contributed by atoms with Gasteiger partial charge in [0.25, 0.3) is 0 Å². The molecule has 1 aromatic heterocycles. The number of aromatic nitrogens is 1. The number of fused-ring (bicyclic) bond motifs is 1. The fourth-order valence-electron chi connectivity index (χ4n) is 4.53. The Balaban J connectivity index is 1.57. The smallest absolute Gasteiger partial charge is 0.161 e. The lowest BCUT2D eigenvalue weighted by molar-refractivity contribution is 0.209. The van der Waals surface area contributed by atoms with Crippen molar-refractivity contribution >= 4 is 6.21 Å². The van der Waals surface area contributed by atoms with Crippen molar-refractivity contribution in [1.29, 1.82) is 0 Å². The van der Waals surface area contributed by atoms with Gasteiger partial charge in [-0.1, -0.05) is 35.5 Å². The van der Waals surface area contributed by atoms with Gasteiger partial charge >= 0.3 is 0 Å². The summed E-state index contributed by atoms with van der Waals surface area (Å²) in [6.07, 6.45) is 3.74. The molecule has 0 fully saturated rings. The first-order chi connectivity index (χ1) is 16.1. The summed E-state index contributed by atoms with van der Waals surface area (Å²) >= 11 is 0. The highest BCUT2D eigenvalue weighted by atomic mass is 16.5. The molecule has 2 heterocycles. The fraction of sp³-hybridized carbons (Fsp3) is 0.308. The van der Waals surface area contributed by atoms with Gasteiger partial charge in [0.2, 0.25) is 0 Å². The molecule has 0 aliphatic carbocycles. The number of nitrogens with zero attached hydrogens (tertiary/aromatic N) is 3. The van der Waals surface area contributed by atoms with Gasteiger partial charge in [-0.2, -0.15) is 0 Å². The third kappa shape index (κ3) is 4.93. The summed E-state index contributed by atoms with van der Waals surface area (Å²) in [7, 11) is 3.34. The molecule has 1 unspecified atom stereocenters. The predicted molar refractivity (Wildman–Crippen MR) is 127 cm³/mol. The Bertz CT molecular complexity index is 1120. The first-order valence-electron chi connectivity index (χ1n) is 11.0. The van der Waals surface area contributed by atoms with E-state index in [9.17, 15) is 5.11 Å². The number of hydrogen-bond acceptors (Lipinski definition) is 7. The second kappa shape index (κ2) is 10.4. The first-order valence-corrected chi connectivity index (χ1v) is 11.0. The molecule has 7 nitrogen and oxygen atoms in total. The Morgan fingerprint density at radius 2 is 1.85 bits per heavy atom. The summed E-state index contributed by atoms with van der Waals surface area (Å²) in [5.41, 5.74) is 4.89. The Morgan fingerprint density at radius 1 is 1.09 bits per heavy atom. The number of oxime groups is 1. The van der Waals surface area contributed by atoms with Crippen LogP contribution in [0.25, 0.3) is 0 Å². The van der Waals surface area contributed by atoms with Crippen molar-refractivity contribution in [3.63, 3.8) is 0 Å². The maximum Gasteiger partial charge on any atom is 0.161 e. The largest absolute Gasteiger partial charge is 0.506 e. The highest BCUT2D eigenvalue weighted by Gasteiger charge is 2.30. The van der Waals surface area contributed by atoms with E-state index >= 15 is 0 Å². The Kier molecular flexibility index (Phi) is 7.10. The maximum atomic E-state index is 9.84. The van der Waals surface area contributed by atoms with Gasteiger partial charge in [-0.25, -0.2) is 4.98 Å². The van der Waals surface area contributed by atoms with E-state index in [2.05, 4.69) is 51.4 Å². The number of methoxy groups -OCH3 is 2. The molecule has 172 valence electrons. The van der Waals surface area contributed by atoms with E-state index in [-0.39, 0.29) is 17.5 Å². The van der Waals surface area contributed by atoms with Crippen molar-refractivity contribution in [3.05, 3.63) is 82.7 Å². The van der Waals surface area contributed by atoms with Crippen molar-refractivity contribution in [2.24, 2.45) is 5.16 Å². The van der Waals surface area contributed by atoms with E-state index in [4.69, 9.17) is 14.7 Å². The molecule has 0 bridgehead atoms. The maximum absolute atomic E-state index is 9.84. The summed E-state index contributed by atoms with van der Waals surface area (Å²) in [6, 6.07) is 18.3. The van der Waals surface area contributed by atoms with E-state index in [1.165, 1.54) is 16.7 Å². The standard InChI is InChI=1S/C26H29N3O4/c1-32-24-15-19-12-14-29(13-6-9-20-10-11-23(30)22(28-20)17-27-31)26(18-7-4-3-5-8-18)21(19)16-25(24)33-2/h3-5,7-8,10-11,15-17,26,30-31H,6,9,12-14H2,1-2H3/b27-17+. The SMILES string of the molecule is COc1cc2c(cc1OC)C(c1ccccc1)N(CCCc1ccc(O)c(/C=N/O)n1)CC2. The third-order valence-electron chi connectivity index (χ3n) is 6.11. The van der Waals surface area contributed by atoms with Crippen LogP contribution in [0.1, 0.15) is 40.5 Å². The van der Waals surface area contributed by atoms with Crippen LogP contribution in [0.2, 0.25) is 0 Å². The first kappa shape index (κ1) is 22.6. The van der Waals surface area contributed by atoms with Gasteiger partial charge in [0.15, 0.2) is 11.5 Å². The fourth-order valence-corrected chi connectivity index (χ4v) is 4.53. The molecule has 4 rings (SSSR count). The molecule has 2 N–H and O–H groups in total. The molecule has 1 aliphatic heterocycles. The number of aromatic hydroxyl groups is 1. The van der Waals surface area contributed by atoms with Crippen molar-refractivity contribution in [2.75, 3.05) is 27.3 Å². The number of pyridine rings is 1. The van der Waals surface area contributed by atoms with Gasteiger partial charge in [0.05, 0.1) is 26.5 Å². The number of hydrogen-bond donors (Lipinski definition) is 2. The number of rotatable bonds is 8. The molecule has 0 saturated carbocycles. The van der Waals surface area contributed by atoms with E-state index in [0.717, 1.165) is 55.8 Å². The summed E-state index contributed by atoms with van der Waals surface area (Å²) < 4.78 is 11.1. The van der Waals surface area contributed by atoms with Crippen LogP contribution in [0.4, 0.5) is 0 Å². The van der Waals surface area contributed by atoms with Crippen LogP contribution >= 0.6 is 0 Å². The second-order valence-corrected chi connectivity index (χ2v) is 8.06. The van der Waals surface area contributed by atoms with Crippen molar-refractivity contribution < 1.29 is 19.8 Å². The summed E-state index contributed by atoms with van der Waals surface area (Å²) in [4.78, 5) is 6.89. The Hall–Kier alpha value is -3.58. The van der Waals surface area contributed by atoms with Crippen LogP contribution in [0.5, 0.6) is 17.2 Å². The lowest BCUT2D eigenvalue weighted by Gasteiger charge is -2.38. The number of aryl methyl sites for hydroxylation is 1. The second-order valence-electron chi connectivity index (χ2n) is 8.06. The summed E-state index contributed by atoms with van der Waals surface area (Å²) in [5.74, 6) is 1.50. The van der Waals surface area contributed by atoms with E-state index in [0.29, 0.717) is 0 Å². The summed E-state index contributed by atoms with van der Waals surface area (Å²) in [6.45, 7) is 1.83. The van der Waals surface area contributed by atoms with Gasteiger partial charge in [-0.3, -0.25) is 4.90 Å². The molecule has 7 heteroatoms. The molecule has 1 atom stereocenters. The number of ether oxygens (including phenoxy) is 2. The minimum atomic E-state index is -0.00213. The topological polar surface area (TPSA) is 87.4 Å². The zero-order valence-electron chi connectivity index (χ0n) is 18.9. The lowest BCUT2D eigenvalue weighted by Crippen LogP contribution is -2.37. The van der Waals surface area contributed by atoms with Crippen molar-refractivity contribution in [3.8, 4) is 17.2 Å². The third-order valence-corrected chi connectivity index (χ3v) is 6.11. The van der Waals surface area contributed by atoms with Gasteiger partial charge in [-0.05, 0) is 66.8 Å². The minimum absolute atomic E-state index is 0.00213. The molecule has 33 heavy (non-hydrogen) atoms. The van der Waals surface area contributed by atoms with Crippen LogP contribution in [0.3, 0.4) is 0 Å². The molecule has 0 saturated heterocycles. The van der Waals surface area contributed by atoms with Crippen LogP contribution in [0.15, 0.2) is 59.8 Å². The molecule has 1 aliphatic rings. The minimum Gasteiger partial charge on any atom is -0.506 e. The lowest BCUT2D eigenvalue weighted by atomic mass is 9.87. The average molecular weight is 448 g/mol. The highest BCUT2D eigenvalue weighted by Crippen LogP contribution is 2.41. The molecular weight excluding hydrogens is 418 g/mol. The van der Waals surface area contributed by atoms with Gasteiger partial charge < -0.3 is 19.8 Å². The monoisotopic (exact) mass is 447 g/mol.